The normalized spacial score (nSPS) is 10.3. The first kappa shape index (κ1) is 12.8. The maximum atomic E-state index is 8.59. The van der Waals surface area contributed by atoms with Crippen molar-refractivity contribution >= 4 is 27.5 Å². The first-order chi connectivity index (χ1) is 7.24. The summed E-state index contributed by atoms with van der Waals surface area (Å²) in [5, 5.41) is 9.28. The van der Waals surface area contributed by atoms with E-state index < -0.39 is 0 Å². The highest BCUT2D eigenvalue weighted by Crippen LogP contribution is 2.28. The van der Waals surface area contributed by atoms with Crippen molar-refractivity contribution in [2.24, 2.45) is 0 Å². The minimum Gasteiger partial charge on any atom is -0.492 e. The molecule has 0 spiro atoms. The second-order valence-corrected chi connectivity index (χ2v) is 4.50. The van der Waals surface area contributed by atoms with E-state index in [1.54, 1.807) is 6.07 Å². The van der Waals surface area contributed by atoms with Gasteiger partial charge in [0.25, 0.3) is 0 Å². The van der Waals surface area contributed by atoms with Crippen molar-refractivity contribution in [1.82, 2.24) is 0 Å². The smallest absolute Gasteiger partial charge is 0.133 e. The Hall–Kier alpha value is -0.250. The lowest BCUT2D eigenvalue weighted by Crippen LogP contribution is -1.98. The Morgan fingerprint density at radius 1 is 1.27 bits per heavy atom. The molecule has 0 fully saturated rings. The second kappa shape index (κ2) is 7.09. The molecule has 4 heteroatoms. The summed E-state index contributed by atoms with van der Waals surface area (Å²) in [5.41, 5.74) is 0. The van der Waals surface area contributed by atoms with Crippen molar-refractivity contribution in [1.29, 1.82) is 0 Å². The van der Waals surface area contributed by atoms with Gasteiger partial charge in [-0.2, -0.15) is 0 Å². The zero-order valence-electron chi connectivity index (χ0n) is 8.38. The zero-order valence-corrected chi connectivity index (χ0v) is 10.7. The second-order valence-electron chi connectivity index (χ2n) is 3.21. The lowest BCUT2D eigenvalue weighted by Gasteiger charge is -2.07. The number of hydrogen-bond acceptors (Lipinski definition) is 2. The number of hydrogen-bond donors (Lipinski definition) is 1. The number of benzene rings is 1. The van der Waals surface area contributed by atoms with Gasteiger partial charge >= 0.3 is 0 Å². The molecule has 0 radical (unpaired) electrons. The predicted molar refractivity (Wildman–Crippen MR) is 65.6 cm³/mol. The highest BCUT2D eigenvalue weighted by molar-refractivity contribution is 9.10. The quantitative estimate of drug-likeness (QED) is 0.811. The van der Waals surface area contributed by atoms with Gasteiger partial charge in [0, 0.05) is 11.6 Å². The maximum Gasteiger partial charge on any atom is 0.133 e. The Bertz CT molecular complexity index is 305. The van der Waals surface area contributed by atoms with Gasteiger partial charge in [0.2, 0.25) is 0 Å². The van der Waals surface area contributed by atoms with Crippen molar-refractivity contribution in [3.8, 4) is 5.75 Å². The van der Waals surface area contributed by atoms with Crippen LogP contribution in [0.3, 0.4) is 0 Å². The Morgan fingerprint density at radius 2 is 2.07 bits per heavy atom. The van der Waals surface area contributed by atoms with Gasteiger partial charge < -0.3 is 9.84 Å². The van der Waals surface area contributed by atoms with E-state index in [1.807, 2.05) is 12.1 Å². The first-order valence-electron chi connectivity index (χ1n) is 4.93. The summed E-state index contributed by atoms with van der Waals surface area (Å²) in [6.07, 6.45) is 2.78. The molecule has 0 heterocycles. The maximum absolute atomic E-state index is 8.59. The van der Waals surface area contributed by atoms with E-state index in [1.165, 1.54) is 0 Å². The fraction of sp³-hybridized carbons (Fsp3) is 0.455. The van der Waals surface area contributed by atoms with Crippen LogP contribution in [0.1, 0.15) is 19.3 Å². The molecule has 0 atom stereocenters. The number of ether oxygens (including phenoxy) is 1. The van der Waals surface area contributed by atoms with Crippen LogP contribution in [0.2, 0.25) is 5.02 Å². The van der Waals surface area contributed by atoms with Gasteiger partial charge in [0.15, 0.2) is 0 Å². The predicted octanol–water partition coefficient (Wildman–Crippen LogP) is 3.64. The molecule has 84 valence electrons. The number of rotatable bonds is 6. The molecule has 0 bridgehead atoms. The molecule has 0 aliphatic rings. The number of aliphatic hydroxyl groups is 1. The van der Waals surface area contributed by atoms with Gasteiger partial charge in [-0.1, -0.05) is 11.6 Å². The fourth-order valence-corrected chi connectivity index (χ4v) is 1.96. The van der Waals surface area contributed by atoms with Gasteiger partial charge in [0.05, 0.1) is 11.1 Å². The van der Waals surface area contributed by atoms with Crippen LogP contribution in [0, 0.1) is 0 Å². The van der Waals surface area contributed by atoms with Crippen LogP contribution in [0.5, 0.6) is 5.75 Å². The highest BCUT2D eigenvalue weighted by atomic mass is 79.9. The molecule has 0 aliphatic heterocycles. The van der Waals surface area contributed by atoms with E-state index in [9.17, 15) is 0 Å². The number of unbranched alkanes of at least 4 members (excludes halogenated alkanes) is 2. The molecule has 1 aromatic carbocycles. The lowest BCUT2D eigenvalue weighted by atomic mass is 10.2. The summed E-state index contributed by atoms with van der Waals surface area (Å²) in [6, 6.07) is 5.46. The molecule has 0 amide bonds. The number of halogens is 2. The molecule has 2 nitrogen and oxygen atoms in total. The van der Waals surface area contributed by atoms with E-state index >= 15 is 0 Å². The zero-order chi connectivity index (χ0) is 11.1. The summed E-state index contributed by atoms with van der Waals surface area (Å²) in [4.78, 5) is 0. The molecule has 0 aromatic heterocycles. The highest BCUT2D eigenvalue weighted by Gasteiger charge is 2.01. The molecule has 1 aromatic rings. The van der Waals surface area contributed by atoms with E-state index in [2.05, 4.69) is 15.9 Å². The number of aliphatic hydroxyl groups excluding tert-OH is 1. The summed E-state index contributed by atoms with van der Waals surface area (Å²) in [6.45, 7) is 0.921. The van der Waals surface area contributed by atoms with Crippen LogP contribution in [-0.2, 0) is 0 Å². The van der Waals surface area contributed by atoms with Crippen molar-refractivity contribution in [3.05, 3.63) is 27.7 Å². The molecule has 1 N–H and O–H groups in total. The summed E-state index contributed by atoms with van der Waals surface area (Å²) in [7, 11) is 0. The van der Waals surface area contributed by atoms with Crippen LogP contribution in [0.15, 0.2) is 22.7 Å². The monoisotopic (exact) mass is 292 g/mol. The summed E-state index contributed by atoms with van der Waals surface area (Å²) >= 11 is 9.19. The third kappa shape index (κ3) is 4.87. The third-order valence-corrected chi connectivity index (χ3v) is 2.81. The molecule has 0 aliphatic carbocycles. The summed E-state index contributed by atoms with van der Waals surface area (Å²) < 4.78 is 6.42. The van der Waals surface area contributed by atoms with Crippen molar-refractivity contribution in [3.63, 3.8) is 0 Å². The fourth-order valence-electron chi connectivity index (χ4n) is 1.17. The minimum absolute atomic E-state index is 0.255. The topological polar surface area (TPSA) is 29.5 Å². The van der Waals surface area contributed by atoms with Crippen molar-refractivity contribution in [2.75, 3.05) is 13.2 Å². The average Bonchev–Trinajstić information content (AvgIpc) is 2.20. The minimum atomic E-state index is 0.255. The first-order valence-corrected chi connectivity index (χ1v) is 6.10. The van der Waals surface area contributed by atoms with E-state index in [4.69, 9.17) is 21.4 Å². The van der Waals surface area contributed by atoms with E-state index in [0.29, 0.717) is 11.6 Å². The Balaban J connectivity index is 2.31. The van der Waals surface area contributed by atoms with Gasteiger partial charge in [-0.05, 0) is 53.4 Å². The van der Waals surface area contributed by atoms with Gasteiger partial charge in [-0.25, -0.2) is 0 Å². The van der Waals surface area contributed by atoms with Crippen LogP contribution < -0.4 is 4.74 Å². The van der Waals surface area contributed by atoms with E-state index in [-0.39, 0.29) is 6.61 Å². The van der Waals surface area contributed by atoms with Gasteiger partial charge in [0.1, 0.15) is 5.75 Å². The standard InChI is InChI=1S/C11H14BrClO2/c12-10-8-9(13)4-5-11(10)15-7-3-1-2-6-14/h4-5,8,14H,1-3,6-7H2. The average molecular weight is 294 g/mol. The Kier molecular flexibility index (Phi) is 6.06. The van der Waals surface area contributed by atoms with Crippen molar-refractivity contribution in [2.45, 2.75) is 19.3 Å². The third-order valence-electron chi connectivity index (χ3n) is 1.95. The molecule has 0 saturated carbocycles. The van der Waals surface area contributed by atoms with Crippen LogP contribution in [0.4, 0.5) is 0 Å². The SMILES string of the molecule is OCCCCCOc1ccc(Cl)cc1Br. The van der Waals surface area contributed by atoms with Crippen LogP contribution >= 0.6 is 27.5 Å². The molecular weight excluding hydrogens is 279 g/mol. The van der Waals surface area contributed by atoms with Gasteiger partial charge in [-0.3, -0.25) is 0 Å². The molecular formula is C11H14BrClO2. The van der Waals surface area contributed by atoms with Crippen molar-refractivity contribution < 1.29 is 9.84 Å². The molecule has 1 rings (SSSR count). The summed E-state index contributed by atoms with van der Waals surface area (Å²) in [5.74, 6) is 0.809. The lowest BCUT2D eigenvalue weighted by molar-refractivity contribution is 0.265. The largest absolute Gasteiger partial charge is 0.492 e. The molecule has 0 unspecified atom stereocenters. The Labute approximate surface area is 103 Å². The van der Waals surface area contributed by atoms with Crippen LogP contribution in [0.25, 0.3) is 0 Å². The van der Waals surface area contributed by atoms with Gasteiger partial charge in [-0.15, -0.1) is 0 Å². The van der Waals surface area contributed by atoms with Crippen LogP contribution in [-0.4, -0.2) is 18.3 Å². The molecule has 0 saturated heterocycles. The Morgan fingerprint density at radius 3 is 2.73 bits per heavy atom. The molecule has 15 heavy (non-hydrogen) atoms. The van der Waals surface area contributed by atoms with E-state index in [0.717, 1.165) is 29.5 Å².